The summed E-state index contributed by atoms with van der Waals surface area (Å²) in [5.41, 5.74) is 11.3. The van der Waals surface area contributed by atoms with E-state index in [0.29, 0.717) is 11.5 Å². The van der Waals surface area contributed by atoms with Gasteiger partial charge in [-0.15, -0.1) is 0 Å². The lowest BCUT2D eigenvalue weighted by atomic mass is 9.89. The first-order valence-corrected chi connectivity index (χ1v) is 13.0. The van der Waals surface area contributed by atoms with Crippen molar-refractivity contribution in [3.05, 3.63) is 88.6 Å². The van der Waals surface area contributed by atoms with Crippen molar-refractivity contribution < 1.29 is 13.7 Å². The Morgan fingerprint density at radius 2 is 1.49 bits per heavy atom. The average Bonchev–Trinajstić information content (AvgIpc) is 3.29. The van der Waals surface area contributed by atoms with Crippen LogP contribution >= 0.6 is 0 Å². The van der Waals surface area contributed by atoms with Crippen molar-refractivity contribution in [3.63, 3.8) is 0 Å². The molecule has 37 heavy (non-hydrogen) atoms. The highest BCUT2D eigenvalue weighted by Crippen LogP contribution is 2.42. The Hall–Kier alpha value is -3.94. The number of fused-ring (bicyclic) bond motifs is 3. The van der Waals surface area contributed by atoms with Gasteiger partial charge in [-0.25, -0.2) is 4.57 Å². The zero-order valence-electron chi connectivity index (χ0n) is 21.9. The van der Waals surface area contributed by atoms with Crippen molar-refractivity contribution in [2.24, 2.45) is 7.05 Å². The van der Waals surface area contributed by atoms with Crippen molar-refractivity contribution in [1.29, 1.82) is 5.26 Å². The molecule has 1 aliphatic rings. The predicted octanol–water partition coefficient (Wildman–Crippen LogP) is 7.44. The molecular formula is C33H31N2O2+. The lowest BCUT2D eigenvalue weighted by Crippen LogP contribution is -2.31. The van der Waals surface area contributed by atoms with Crippen LogP contribution in [0.1, 0.15) is 46.6 Å². The topological polar surface area (TPSA) is 50.0 Å². The smallest absolute Gasteiger partial charge is 0.216 e. The van der Waals surface area contributed by atoms with E-state index in [4.69, 9.17) is 9.15 Å². The molecule has 4 heteroatoms. The molecule has 0 saturated carbocycles. The number of aryl methyl sites for hydroxylation is 4. The van der Waals surface area contributed by atoms with E-state index in [0.717, 1.165) is 75.9 Å². The zero-order valence-corrected chi connectivity index (χ0v) is 21.9. The lowest BCUT2D eigenvalue weighted by Gasteiger charge is -2.22. The van der Waals surface area contributed by atoms with E-state index >= 15 is 0 Å². The number of pyridine rings is 1. The molecular weight excluding hydrogens is 456 g/mol. The summed E-state index contributed by atoms with van der Waals surface area (Å²) in [6, 6.07) is 21.6. The van der Waals surface area contributed by atoms with Crippen molar-refractivity contribution in [2.75, 3.05) is 13.2 Å². The van der Waals surface area contributed by atoms with E-state index in [1.807, 2.05) is 12.1 Å². The normalized spacial score (nSPS) is 14.4. The standard InChI is InChI=1S/C33H31N2O2/c1-20-5-11-27-28-12-10-26(18-34)31(25-8-6-23(7-9-25)24-13-15-36-16-14-24)33(28)37-32(27)30(20)29-17-21(2)22(3)19-35(29)4/h5-12,17,19,24H,13-16H2,1-4H3/q+1. The van der Waals surface area contributed by atoms with Crippen LogP contribution in [-0.2, 0) is 11.8 Å². The van der Waals surface area contributed by atoms with Crippen LogP contribution in [0.5, 0.6) is 0 Å². The highest BCUT2D eigenvalue weighted by atomic mass is 16.5. The van der Waals surface area contributed by atoms with Gasteiger partial charge >= 0.3 is 0 Å². The van der Waals surface area contributed by atoms with Crippen molar-refractivity contribution in [1.82, 2.24) is 0 Å². The second-order valence-corrected chi connectivity index (χ2v) is 10.4. The van der Waals surface area contributed by atoms with Crippen LogP contribution in [-0.4, -0.2) is 13.2 Å². The lowest BCUT2D eigenvalue weighted by molar-refractivity contribution is -0.660. The molecule has 0 radical (unpaired) electrons. The molecule has 3 heterocycles. The van der Waals surface area contributed by atoms with E-state index in [1.165, 1.54) is 16.7 Å². The fourth-order valence-corrected chi connectivity index (χ4v) is 5.78. The van der Waals surface area contributed by atoms with Crippen LogP contribution in [0, 0.1) is 32.1 Å². The molecule has 0 atom stereocenters. The number of aromatic nitrogens is 1. The molecule has 0 unspecified atom stereocenters. The number of hydrogen-bond acceptors (Lipinski definition) is 3. The first kappa shape index (κ1) is 23.5. The third kappa shape index (κ3) is 3.91. The van der Waals surface area contributed by atoms with E-state index in [9.17, 15) is 5.26 Å². The van der Waals surface area contributed by atoms with Crippen molar-refractivity contribution >= 4 is 21.9 Å². The van der Waals surface area contributed by atoms with Crippen LogP contribution in [0.2, 0.25) is 0 Å². The maximum absolute atomic E-state index is 10.0. The van der Waals surface area contributed by atoms with Crippen molar-refractivity contribution in [3.8, 4) is 28.5 Å². The van der Waals surface area contributed by atoms with E-state index < -0.39 is 0 Å². The predicted molar refractivity (Wildman–Crippen MR) is 147 cm³/mol. The maximum Gasteiger partial charge on any atom is 0.216 e. The molecule has 0 N–H and O–H groups in total. The van der Waals surface area contributed by atoms with Crippen LogP contribution in [0.3, 0.4) is 0 Å². The summed E-state index contributed by atoms with van der Waals surface area (Å²) in [7, 11) is 2.09. The van der Waals surface area contributed by atoms with Gasteiger partial charge in [0, 0.05) is 41.2 Å². The molecule has 6 rings (SSSR count). The number of nitrogens with zero attached hydrogens (tertiary/aromatic N) is 2. The Balaban J connectivity index is 1.57. The van der Waals surface area contributed by atoms with Gasteiger partial charge in [0.1, 0.15) is 18.2 Å². The molecule has 3 aromatic carbocycles. The molecule has 2 aromatic heterocycles. The number of rotatable bonds is 3. The molecule has 0 amide bonds. The third-order valence-corrected chi connectivity index (χ3v) is 8.03. The number of nitriles is 1. The molecule has 1 saturated heterocycles. The maximum atomic E-state index is 10.0. The Labute approximate surface area is 217 Å². The third-order valence-electron chi connectivity index (χ3n) is 8.03. The fourth-order valence-electron chi connectivity index (χ4n) is 5.78. The first-order valence-electron chi connectivity index (χ1n) is 13.0. The quantitative estimate of drug-likeness (QED) is 0.249. The summed E-state index contributed by atoms with van der Waals surface area (Å²) < 4.78 is 14.5. The van der Waals surface area contributed by atoms with Gasteiger partial charge in [0.25, 0.3) is 0 Å². The van der Waals surface area contributed by atoms with Crippen molar-refractivity contribution in [2.45, 2.75) is 39.5 Å². The second-order valence-electron chi connectivity index (χ2n) is 10.4. The Bertz CT molecular complexity index is 1700. The summed E-state index contributed by atoms with van der Waals surface area (Å²) >= 11 is 0. The van der Waals surface area contributed by atoms with Crippen LogP contribution in [0.4, 0.5) is 0 Å². The van der Waals surface area contributed by atoms with E-state index in [1.54, 1.807) is 0 Å². The summed E-state index contributed by atoms with van der Waals surface area (Å²) in [4.78, 5) is 0. The summed E-state index contributed by atoms with van der Waals surface area (Å²) in [5.74, 6) is 0.532. The minimum Gasteiger partial charge on any atom is -0.454 e. The second kappa shape index (κ2) is 9.18. The van der Waals surface area contributed by atoms with Gasteiger partial charge in [-0.05, 0) is 73.9 Å². The van der Waals surface area contributed by atoms with Gasteiger partial charge in [-0.1, -0.05) is 36.4 Å². The van der Waals surface area contributed by atoms with E-state index in [2.05, 4.69) is 87.1 Å². The molecule has 0 bridgehead atoms. The molecule has 1 fully saturated rings. The van der Waals surface area contributed by atoms with Gasteiger partial charge in [-0.3, -0.25) is 0 Å². The highest BCUT2D eigenvalue weighted by Gasteiger charge is 2.24. The Morgan fingerprint density at radius 1 is 0.811 bits per heavy atom. The summed E-state index contributed by atoms with van der Waals surface area (Å²) in [6.45, 7) is 8.06. The van der Waals surface area contributed by atoms with Crippen LogP contribution < -0.4 is 4.57 Å². The molecule has 1 aliphatic heterocycles. The number of benzene rings is 3. The molecule has 0 spiro atoms. The molecule has 184 valence electrons. The molecule has 0 aliphatic carbocycles. The summed E-state index contributed by atoms with van der Waals surface area (Å²) in [6.07, 6.45) is 4.28. The highest BCUT2D eigenvalue weighted by molar-refractivity contribution is 6.14. The average molecular weight is 488 g/mol. The minimum absolute atomic E-state index is 0.532. The fraction of sp³-hybridized carbons (Fsp3) is 0.273. The number of ether oxygens (including phenoxy) is 1. The Morgan fingerprint density at radius 3 is 2.19 bits per heavy atom. The molecule has 4 nitrogen and oxygen atoms in total. The van der Waals surface area contributed by atoms with Gasteiger partial charge in [0.15, 0.2) is 6.20 Å². The van der Waals surface area contributed by atoms with Crippen LogP contribution in [0.25, 0.3) is 44.3 Å². The Kier molecular flexibility index (Phi) is 5.82. The monoisotopic (exact) mass is 487 g/mol. The van der Waals surface area contributed by atoms with Gasteiger partial charge in [0.05, 0.1) is 17.2 Å². The number of furan rings is 1. The zero-order chi connectivity index (χ0) is 25.7. The minimum atomic E-state index is 0.532. The first-order chi connectivity index (χ1) is 18.0. The summed E-state index contributed by atoms with van der Waals surface area (Å²) in [5, 5.41) is 12.1. The van der Waals surface area contributed by atoms with E-state index in [-0.39, 0.29) is 0 Å². The van der Waals surface area contributed by atoms with Gasteiger partial charge < -0.3 is 9.15 Å². The largest absolute Gasteiger partial charge is 0.454 e. The SMILES string of the molecule is Cc1cc(-c2c(C)ccc3c2oc2c(-c4ccc(C5CCOCC5)cc4)c(C#N)ccc23)[n+](C)cc1C. The number of hydrogen-bond donors (Lipinski definition) is 0. The van der Waals surface area contributed by atoms with Gasteiger partial charge in [0.2, 0.25) is 5.69 Å². The molecule has 5 aromatic rings. The van der Waals surface area contributed by atoms with Gasteiger partial charge in [-0.2, -0.15) is 5.26 Å². The van der Waals surface area contributed by atoms with Crippen LogP contribution in [0.15, 0.2) is 65.2 Å².